The lowest BCUT2D eigenvalue weighted by molar-refractivity contribution is -0.142. The van der Waals surface area contributed by atoms with E-state index in [4.69, 9.17) is 9.84 Å². The number of carboxylic acids is 1. The zero-order valence-corrected chi connectivity index (χ0v) is 12.0. The molecule has 0 bridgehead atoms. The summed E-state index contributed by atoms with van der Waals surface area (Å²) in [4.78, 5) is 22.7. The fraction of sp³-hybridized carbons (Fsp3) is 0.846. The van der Waals surface area contributed by atoms with Crippen molar-refractivity contribution in [2.75, 3.05) is 19.8 Å². The summed E-state index contributed by atoms with van der Waals surface area (Å²) < 4.78 is 5.09. The van der Waals surface area contributed by atoms with Gasteiger partial charge in [-0.2, -0.15) is 0 Å². The lowest BCUT2D eigenvalue weighted by Crippen LogP contribution is -2.49. The molecule has 0 spiro atoms. The Morgan fingerprint density at radius 2 is 2.00 bits per heavy atom. The van der Waals surface area contributed by atoms with Gasteiger partial charge in [0.1, 0.15) is 5.92 Å². The SMILES string of the molecule is CC(C)C(C)(C)CNC(=O)NC1COCC1C(=O)O. The molecule has 2 amide bonds. The Labute approximate surface area is 113 Å². The quantitative estimate of drug-likeness (QED) is 0.698. The minimum absolute atomic E-state index is 0.00425. The highest BCUT2D eigenvalue weighted by Gasteiger charge is 2.35. The molecule has 0 saturated carbocycles. The van der Waals surface area contributed by atoms with E-state index >= 15 is 0 Å². The molecule has 1 aliphatic rings. The van der Waals surface area contributed by atoms with E-state index in [2.05, 4.69) is 38.3 Å². The molecule has 110 valence electrons. The number of hydrogen-bond donors (Lipinski definition) is 3. The van der Waals surface area contributed by atoms with E-state index in [1.807, 2.05) is 0 Å². The molecule has 6 nitrogen and oxygen atoms in total. The van der Waals surface area contributed by atoms with Crippen molar-refractivity contribution in [1.82, 2.24) is 10.6 Å². The third-order valence-electron chi connectivity index (χ3n) is 3.98. The molecular weight excluding hydrogens is 248 g/mol. The van der Waals surface area contributed by atoms with Crippen molar-refractivity contribution < 1.29 is 19.4 Å². The molecule has 2 atom stereocenters. The van der Waals surface area contributed by atoms with Gasteiger partial charge in [-0.15, -0.1) is 0 Å². The number of carboxylic acid groups (broad SMARTS) is 1. The molecule has 2 unspecified atom stereocenters. The van der Waals surface area contributed by atoms with E-state index in [0.29, 0.717) is 12.5 Å². The number of carbonyl (C=O) groups is 2. The average molecular weight is 272 g/mol. The number of urea groups is 1. The van der Waals surface area contributed by atoms with Crippen molar-refractivity contribution in [3.63, 3.8) is 0 Å². The maximum atomic E-state index is 11.8. The van der Waals surface area contributed by atoms with Crippen LogP contribution >= 0.6 is 0 Å². The molecule has 0 aromatic carbocycles. The van der Waals surface area contributed by atoms with Crippen LogP contribution in [0.2, 0.25) is 0 Å². The lowest BCUT2D eigenvalue weighted by atomic mass is 9.81. The molecule has 1 heterocycles. The predicted octanol–water partition coefficient (Wildman–Crippen LogP) is 1.07. The molecule has 1 fully saturated rings. The van der Waals surface area contributed by atoms with Crippen LogP contribution in [0.15, 0.2) is 0 Å². The summed E-state index contributed by atoms with van der Waals surface area (Å²) in [6.45, 7) is 9.31. The third kappa shape index (κ3) is 4.38. The Kier molecular flexibility index (Phi) is 5.17. The van der Waals surface area contributed by atoms with E-state index in [-0.39, 0.29) is 24.7 Å². The minimum Gasteiger partial charge on any atom is -0.481 e. The van der Waals surface area contributed by atoms with Gasteiger partial charge in [-0.3, -0.25) is 4.79 Å². The first-order valence-corrected chi connectivity index (χ1v) is 6.59. The predicted molar refractivity (Wildman–Crippen MR) is 70.9 cm³/mol. The van der Waals surface area contributed by atoms with Crippen LogP contribution in [0.25, 0.3) is 0 Å². The summed E-state index contributed by atoms with van der Waals surface area (Å²) in [6, 6.07) is -0.796. The van der Waals surface area contributed by atoms with Gasteiger partial charge >= 0.3 is 12.0 Å². The van der Waals surface area contributed by atoms with Crippen LogP contribution in [0.1, 0.15) is 27.7 Å². The van der Waals surface area contributed by atoms with Crippen molar-refractivity contribution in [2.45, 2.75) is 33.7 Å². The van der Waals surface area contributed by atoms with E-state index in [1.54, 1.807) is 0 Å². The number of carbonyl (C=O) groups excluding carboxylic acids is 1. The molecule has 3 N–H and O–H groups in total. The Hall–Kier alpha value is -1.30. The first kappa shape index (κ1) is 15.8. The topological polar surface area (TPSA) is 87.7 Å². The standard InChI is InChI=1S/C13H24N2O4/c1-8(2)13(3,4)7-14-12(18)15-10-6-19-5-9(10)11(16)17/h8-10H,5-7H2,1-4H3,(H,16,17)(H2,14,15,18). The summed E-state index contributed by atoms with van der Waals surface area (Å²) in [5, 5.41) is 14.4. The zero-order valence-electron chi connectivity index (χ0n) is 12.0. The van der Waals surface area contributed by atoms with Gasteiger partial charge < -0.3 is 20.5 Å². The Morgan fingerprint density at radius 1 is 1.37 bits per heavy atom. The molecule has 1 rings (SSSR count). The molecule has 0 aromatic rings. The second-order valence-electron chi connectivity index (χ2n) is 6.06. The molecule has 0 aromatic heterocycles. The normalized spacial score (nSPS) is 23.4. The van der Waals surface area contributed by atoms with Crippen molar-refractivity contribution >= 4 is 12.0 Å². The zero-order chi connectivity index (χ0) is 14.6. The second kappa shape index (κ2) is 6.23. The van der Waals surface area contributed by atoms with Crippen LogP contribution in [0.4, 0.5) is 4.79 Å². The van der Waals surface area contributed by atoms with Crippen LogP contribution in [0.5, 0.6) is 0 Å². The number of rotatable bonds is 5. The summed E-state index contributed by atoms with van der Waals surface area (Å²) in [5.41, 5.74) is -0.00425. The van der Waals surface area contributed by atoms with Gasteiger partial charge in [0.05, 0.1) is 19.3 Å². The molecule has 6 heteroatoms. The Balaban J connectivity index is 2.41. The highest BCUT2D eigenvalue weighted by atomic mass is 16.5. The van der Waals surface area contributed by atoms with E-state index in [0.717, 1.165) is 0 Å². The molecule has 0 radical (unpaired) electrons. The van der Waals surface area contributed by atoms with E-state index in [1.165, 1.54) is 0 Å². The monoisotopic (exact) mass is 272 g/mol. The summed E-state index contributed by atoms with van der Waals surface area (Å²) >= 11 is 0. The van der Waals surface area contributed by atoms with Crippen molar-refractivity contribution in [3.05, 3.63) is 0 Å². The molecule has 1 aliphatic heterocycles. The maximum absolute atomic E-state index is 11.8. The number of amides is 2. The summed E-state index contributed by atoms with van der Waals surface area (Å²) in [7, 11) is 0. The van der Waals surface area contributed by atoms with Gasteiger partial charge in [-0.25, -0.2) is 4.79 Å². The van der Waals surface area contributed by atoms with Gasteiger partial charge in [-0.05, 0) is 11.3 Å². The van der Waals surface area contributed by atoms with Crippen molar-refractivity contribution in [3.8, 4) is 0 Å². The van der Waals surface area contributed by atoms with Crippen LogP contribution in [-0.4, -0.2) is 42.9 Å². The summed E-state index contributed by atoms with van der Waals surface area (Å²) in [6.07, 6.45) is 0. The smallest absolute Gasteiger partial charge is 0.315 e. The molecule has 0 aliphatic carbocycles. The summed E-state index contributed by atoms with van der Waals surface area (Å²) in [5.74, 6) is -1.16. The lowest BCUT2D eigenvalue weighted by Gasteiger charge is -2.29. The Bertz CT molecular complexity index is 342. The highest BCUT2D eigenvalue weighted by Crippen LogP contribution is 2.24. The number of nitrogens with one attached hydrogen (secondary N) is 2. The van der Waals surface area contributed by atoms with Gasteiger partial charge in [0, 0.05) is 6.54 Å². The minimum atomic E-state index is -0.940. The average Bonchev–Trinajstić information content (AvgIpc) is 2.74. The molecule has 1 saturated heterocycles. The molecule has 19 heavy (non-hydrogen) atoms. The van der Waals surface area contributed by atoms with E-state index in [9.17, 15) is 9.59 Å². The van der Waals surface area contributed by atoms with Gasteiger partial charge in [-0.1, -0.05) is 27.7 Å². The number of hydrogen-bond acceptors (Lipinski definition) is 3. The first-order chi connectivity index (χ1) is 8.74. The highest BCUT2D eigenvalue weighted by molar-refractivity contribution is 5.77. The van der Waals surface area contributed by atoms with Gasteiger partial charge in [0.2, 0.25) is 0 Å². The fourth-order valence-corrected chi connectivity index (χ4v) is 1.67. The van der Waals surface area contributed by atoms with Crippen molar-refractivity contribution in [1.29, 1.82) is 0 Å². The second-order valence-corrected chi connectivity index (χ2v) is 6.06. The van der Waals surface area contributed by atoms with Crippen LogP contribution in [0.3, 0.4) is 0 Å². The maximum Gasteiger partial charge on any atom is 0.315 e. The number of ether oxygens (including phenoxy) is 1. The van der Waals surface area contributed by atoms with Crippen LogP contribution < -0.4 is 10.6 Å². The largest absolute Gasteiger partial charge is 0.481 e. The number of aliphatic carboxylic acids is 1. The van der Waals surface area contributed by atoms with E-state index < -0.39 is 17.9 Å². The van der Waals surface area contributed by atoms with Crippen LogP contribution in [-0.2, 0) is 9.53 Å². The Morgan fingerprint density at radius 3 is 2.53 bits per heavy atom. The molecular formula is C13H24N2O4. The van der Waals surface area contributed by atoms with Crippen LogP contribution in [0, 0.1) is 17.3 Å². The first-order valence-electron chi connectivity index (χ1n) is 6.59. The fourth-order valence-electron chi connectivity index (χ4n) is 1.67. The van der Waals surface area contributed by atoms with Gasteiger partial charge in [0.15, 0.2) is 0 Å². The third-order valence-corrected chi connectivity index (χ3v) is 3.98. The van der Waals surface area contributed by atoms with Gasteiger partial charge in [0.25, 0.3) is 0 Å². The van der Waals surface area contributed by atoms with Crippen molar-refractivity contribution in [2.24, 2.45) is 17.3 Å².